The van der Waals surface area contributed by atoms with E-state index in [2.05, 4.69) is 28.4 Å². The Bertz CT molecular complexity index is 160. The van der Waals surface area contributed by atoms with Gasteiger partial charge in [0, 0.05) is 13.6 Å². The first kappa shape index (κ1) is 11.4. The Labute approximate surface area is 83.5 Å². The molecule has 0 unspecified atom stereocenters. The molecule has 0 aliphatic carbocycles. The van der Waals surface area contributed by atoms with Gasteiger partial charge in [-0.25, -0.2) is 0 Å². The molecule has 0 bridgehead atoms. The molecule has 0 spiro atoms. The first-order valence-electron chi connectivity index (χ1n) is 3.72. The Balaban J connectivity index is 3.37. The molecule has 0 aromatic carbocycles. The van der Waals surface area contributed by atoms with Crippen LogP contribution in [0.1, 0.15) is 13.3 Å². The number of hydrazine groups is 1. The van der Waals surface area contributed by atoms with Crippen LogP contribution in [0.25, 0.3) is 0 Å². The Morgan fingerprint density at radius 2 is 1.75 bits per heavy atom. The molecule has 0 amide bonds. The van der Waals surface area contributed by atoms with Crippen molar-refractivity contribution < 1.29 is 0 Å². The van der Waals surface area contributed by atoms with Crippen molar-refractivity contribution in [1.82, 2.24) is 21.5 Å². The summed E-state index contributed by atoms with van der Waals surface area (Å²) in [6.07, 6.45) is 1.04. The molecule has 4 nitrogen and oxygen atoms in total. The van der Waals surface area contributed by atoms with Gasteiger partial charge in [-0.3, -0.25) is 10.9 Å². The zero-order chi connectivity index (χ0) is 9.40. The van der Waals surface area contributed by atoms with E-state index in [1.54, 1.807) is 7.05 Å². The number of thiocarbonyl (C=S) groups is 2. The molecule has 0 radical (unpaired) electrons. The number of hydrogen-bond acceptors (Lipinski definition) is 2. The zero-order valence-corrected chi connectivity index (χ0v) is 8.86. The molecule has 0 aliphatic heterocycles. The van der Waals surface area contributed by atoms with Gasteiger partial charge in [-0.15, -0.1) is 0 Å². The van der Waals surface area contributed by atoms with E-state index in [0.717, 1.165) is 13.0 Å². The van der Waals surface area contributed by atoms with Gasteiger partial charge < -0.3 is 10.6 Å². The lowest BCUT2D eigenvalue weighted by atomic mass is 10.5. The topological polar surface area (TPSA) is 48.1 Å². The highest BCUT2D eigenvalue weighted by atomic mass is 32.1. The lowest BCUT2D eigenvalue weighted by molar-refractivity contribution is 0.775. The fraction of sp³-hybridized carbons (Fsp3) is 0.667. The summed E-state index contributed by atoms with van der Waals surface area (Å²) in [6, 6.07) is 0. The zero-order valence-electron chi connectivity index (χ0n) is 7.23. The minimum absolute atomic E-state index is 0.510. The minimum Gasteiger partial charge on any atom is -0.364 e. The largest absolute Gasteiger partial charge is 0.364 e. The summed E-state index contributed by atoms with van der Waals surface area (Å²) >= 11 is 9.73. The molecule has 0 fully saturated rings. The molecule has 6 heteroatoms. The molecule has 4 N–H and O–H groups in total. The summed E-state index contributed by atoms with van der Waals surface area (Å²) < 4.78 is 0. The van der Waals surface area contributed by atoms with Crippen molar-refractivity contribution in [3.05, 3.63) is 0 Å². The highest BCUT2D eigenvalue weighted by molar-refractivity contribution is 7.80. The van der Waals surface area contributed by atoms with Crippen LogP contribution >= 0.6 is 24.4 Å². The average Bonchev–Trinajstić information content (AvgIpc) is 2.10. The summed E-state index contributed by atoms with van der Waals surface area (Å²) in [5, 5.41) is 6.79. The van der Waals surface area contributed by atoms with Crippen molar-refractivity contribution >= 4 is 34.7 Å². The highest BCUT2D eigenvalue weighted by Gasteiger charge is 1.92. The van der Waals surface area contributed by atoms with E-state index in [1.807, 2.05) is 0 Å². The van der Waals surface area contributed by atoms with Gasteiger partial charge in [0.1, 0.15) is 0 Å². The minimum atomic E-state index is 0.510. The third-order valence-electron chi connectivity index (χ3n) is 1.05. The van der Waals surface area contributed by atoms with Gasteiger partial charge in [0.25, 0.3) is 0 Å². The van der Waals surface area contributed by atoms with Gasteiger partial charge in [-0.1, -0.05) is 6.92 Å². The monoisotopic (exact) mass is 206 g/mol. The Morgan fingerprint density at radius 3 is 2.25 bits per heavy atom. The van der Waals surface area contributed by atoms with E-state index in [9.17, 15) is 0 Å². The van der Waals surface area contributed by atoms with Gasteiger partial charge in [0.15, 0.2) is 10.2 Å². The SMILES string of the molecule is CCCNC(=S)NNC(=S)NC. The molecular formula is C6H14N4S2. The summed E-state index contributed by atoms with van der Waals surface area (Å²) in [6.45, 7) is 2.93. The molecule has 0 rings (SSSR count). The van der Waals surface area contributed by atoms with E-state index in [4.69, 9.17) is 24.4 Å². The van der Waals surface area contributed by atoms with Crippen LogP contribution < -0.4 is 21.5 Å². The molecule has 12 heavy (non-hydrogen) atoms. The fourth-order valence-corrected chi connectivity index (χ4v) is 0.663. The van der Waals surface area contributed by atoms with Gasteiger partial charge in [0.05, 0.1) is 0 Å². The third kappa shape index (κ3) is 6.11. The molecule has 0 aliphatic rings. The van der Waals surface area contributed by atoms with Crippen LogP contribution in [-0.4, -0.2) is 23.8 Å². The molecule has 0 aromatic heterocycles. The second-order valence-electron chi connectivity index (χ2n) is 2.09. The molecule has 0 saturated carbocycles. The first-order chi connectivity index (χ1) is 5.70. The summed E-state index contributed by atoms with van der Waals surface area (Å²) in [5.41, 5.74) is 5.44. The van der Waals surface area contributed by atoms with Gasteiger partial charge in [-0.2, -0.15) is 0 Å². The summed E-state index contributed by atoms with van der Waals surface area (Å²) in [4.78, 5) is 0. The first-order valence-corrected chi connectivity index (χ1v) is 4.54. The predicted octanol–water partition coefficient (Wildman–Crippen LogP) is -0.131. The van der Waals surface area contributed by atoms with Crippen LogP contribution in [0, 0.1) is 0 Å². The van der Waals surface area contributed by atoms with Gasteiger partial charge >= 0.3 is 0 Å². The Morgan fingerprint density at radius 1 is 1.17 bits per heavy atom. The van der Waals surface area contributed by atoms with Crippen LogP contribution in [0.15, 0.2) is 0 Å². The van der Waals surface area contributed by atoms with Crippen LogP contribution in [0.2, 0.25) is 0 Å². The Kier molecular flexibility index (Phi) is 6.69. The van der Waals surface area contributed by atoms with Crippen molar-refractivity contribution in [3.8, 4) is 0 Å². The third-order valence-corrected chi connectivity index (χ3v) is 1.60. The molecular weight excluding hydrogens is 192 g/mol. The second kappa shape index (κ2) is 7.05. The van der Waals surface area contributed by atoms with Crippen LogP contribution in [0.4, 0.5) is 0 Å². The maximum atomic E-state index is 4.91. The van der Waals surface area contributed by atoms with Crippen LogP contribution in [0.5, 0.6) is 0 Å². The van der Waals surface area contributed by atoms with Crippen molar-refractivity contribution in [1.29, 1.82) is 0 Å². The van der Waals surface area contributed by atoms with Crippen molar-refractivity contribution in [3.63, 3.8) is 0 Å². The smallest absolute Gasteiger partial charge is 0.185 e. The van der Waals surface area contributed by atoms with E-state index < -0.39 is 0 Å². The normalized spacial score (nSPS) is 8.50. The van der Waals surface area contributed by atoms with Gasteiger partial charge in [-0.05, 0) is 30.9 Å². The molecule has 0 aromatic rings. The number of hydrogen-bond donors (Lipinski definition) is 4. The van der Waals surface area contributed by atoms with E-state index in [1.165, 1.54) is 0 Å². The number of rotatable bonds is 2. The van der Waals surface area contributed by atoms with Crippen molar-refractivity contribution in [2.45, 2.75) is 13.3 Å². The maximum absolute atomic E-state index is 4.91. The maximum Gasteiger partial charge on any atom is 0.185 e. The van der Waals surface area contributed by atoms with Crippen molar-refractivity contribution in [2.24, 2.45) is 0 Å². The van der Waals surface area contributed by atoms with Crippen molar-refractivity contribution in [2.75, 3.05) is 13.6 Å². The quantitative estimate of drug-likeness (QED) is 0.373. The van der Waals surface area contributed by atoms with E-state index >= 15 is 0 Å². The van der Waals surface area contributed by atoms with Crippen LogP contribution in [-0.2, 0) is 0 Å². The van der Waals surface area contributed by atoms with Gasteiger partial charge in [0.2, 0.25) is 0 Å². The van der Waals surface area contributed by atoms with E-state index in [-0.39, 0.29) is 0 Å². The predicted molar refractivity (Wildman–Crippen MR) is 58.8 cm³/mol. The summed E-state index contributed by atoms with van der Waals surface area (Å²) in [5.74, 6) is 0. The standard InChI is InChI=1S/C6H14N4S2/c1-3-4-8-6(12)10-9-5(11)7-2/h3-4H2,1-2H3,(H2,7,9,11)(H2,8,10,12). The highest BCUT2D eigenvalue weighted by Crippen LogP contribution is 1.70. The number of nitrogens with one attached hydrogen (secondary N) is 4. The fourth-order valence-electron chi connectivity index (χ4n) is 0.459. The van der Waals surface area contributed by atoms with Crippen LogP contribution in [0.3, 0.4) is 0 Å². The lowest BCUT2D eigenvalue weighted by Crippen LogP contribution is -2.49. The second-order valence-corrected chi connectivity index (χ2v) is 2.90. The molecule has 0 heterocycles. The Hall–Kier alpha value is -0.620. The lowest BCUT2D eigenvalue weighted by Gasteiger charge is -2.11. The molecule has 0 saturated heterocycles. The molecule has 70 valence electrons. The average molecular weight is 206 g/mol. The van der Waals surface area contributed by atoms with E-state index in [0.29, 0.717) is 10.2 Å². The summed E-state index contributed by atoms with van der Waals surface area (Å²) in [7, 11) is 1.74. The molecule has 0 atom stereocenters.